The summed E-state index contributed by atoms with van der Waals surface area (Å²) in [6.45, 7) is 7.48. The first-order valence-electron chi connectivity index (χ1n) is 7.14. The molecule has 1 fully saturated rings. The summed E-state index contributed by atoms with van der Waals surface area (Å²) < 4.78 is 0. The smallest absolute Gasteiger partial charge is 0.329 e. The van der Waals surface area contributed by atoms with Crippen molar-refractivity contribution in [2.75, 3.05) is 19.6 Å². The number of carboxylic acid groups (broad SMARTS) is 1. The molecule has 1 heterocycles. The molecule has 0 aromatic heterocycles. The van der Waals surface area contributed by atoms with E-state index in [1.807, 2.05) is 6.92 Å². The molecule has 0 atom stereocenters. The second kappa shape index (κ2) is 6.89. The number of hydrogen-bond acceptors (Lipinski definition) is 3. The van der Waals surface area contributed by atoms with E-state index in [0.717, 1.165) is 32.4 Å². The maximum absolute atomic E-state index is 12.2. The zero-order valence-electron chi connectivity index (χ0n) is 12.2. The van der Waals surface area contributed by atoms with E-state index in [9.17, 15) is 14.7 Å². The van der Waals surface area contributed by atoms with Crippen LogP contribution in [0.1, 0.15) is 46.5 Å². The average molecular weight is 270 g/mol. The highest BCUT2D eigenvalue weighted by Gasteiger charge is 2.36. The van der Waals surface area contributed by atoms with Crippen LogP contribution >= 0.6 is 0 Å². The second-order valence-electron chi connectivity index (χ2n) is 5.73. The van der Waals surface area contributed by atoms with Crippen LogP contribution in [-0.2, 0) is 9.59 Å². The first-order valence-corrected chi connectivity index (χ1v) is 7.14. The molecular formula is C14H26N2O3. The Bertz CT molecular complexity index is 323. The monoisotopic (exact) mass is 270 g/mol. The van der Waals surface area contributed by atoms with E-state index in [4.69, 9.17) is 0 Å². The summed E-state index contributed by atoms with van der Waals surface area (Å²) in [5, 5.41) is 12.5. The molecule has 2 N–H and O–H groups in total. The average Bonchev–Trinajstić information content (AvgIpc) is 2.38. The minimum atomic E-state index is -1.13. The van der Waals surface area contributed by atoms with Gasteiger partial charge in [0.1, 0.15) is 5.54 Å². The first kappa shape index (κ1) is 16.0. The minimum absolute atomic E-state index is 0.0477. The third kappa shape index (κ3) is 4.20. The fourth-order valence-corrected chi connectivity index (χ4v) is 2.63. The van der Waals surface area contributed by atoms with Crippen LogP contribution in [0.15, 0.2) is 0 Å². The Kier molecular flexibility index (Phi) is 5.79. The summed E-state index contributed by atoms with van der Waals surface area (Å²) in [5.74, 6) is -0.408. The van der Waals surface area contributed by atoms with Gasteiger partial charge in [0.15, 0.2) is 0 Å². The lowest BCUT2D eigenvalue weighted by molar-refractivity contribution is -0.156. The van der Waals surface area contributed by atoms with Crippen molar-refractivity contribution in [1.82, 2.24) is 10.2 Å². The Balaban J connectivity index is 2.52. The van der Waals surface area contributed by atoms with Crippen LogP contribution in [0.25, 0.3) is 0 Å². The fourth-order valence-electron chi connectivity index (χ4n) is 2.63. The number of hydrogen-bond donors (Lipinski definition) is 2. The highest BCUT2D eigenvalue weighted by Crippen LogP contribution is 2.21. The molecule has 0 aromatic rings. The first-order chi connectivity index (χ1) is 8.89. The van der Waals surface area contributed by atoms with Gasteiger partial charge in [0.25, 0.3) is 0 Å². The summed E-state index contributed by atoms with van der Waals surface area (Å²) in [6, 6.07) is 0. The third-order valence-electron chi connectivity index (χ3n) is 4.04. The van der Waals surface area contributed by atoms with Crippen molar-refractivity contribution in [2.24, 2.45) is 5.92 Å². The standard InChI is InChI=1S/C14H26N2O3/c1-4-16(14(2,3)13(18)19)12(17)6-5-11-7-9-15-10-8-11/h11,15H,4-10H2,1-3H3,(H,18,19). The molecule has 1 rings (SSSR count). The molecule has 19 heavy (non-hydrogen) atoms. The molecule has 5 heteroatoms. The van der Waals surface area contributed by atoms with E-state index >= 15 is 0 Å². The molecule has 1 aliphatic rings. The van der Waals surface area contributed by atoms with E-state index < -0.39 is 11.5 Å². The van der Waals surface area contributed by atoms with Gasteiger partial charge in [-0.1, -0.05) is 0 Å². The Morgan fingerprint density at radius 3 is 2.37 bits per heavy atom. The summed E-state index contributed by atoms with van der Waals surface area (Å²) in [5.41, 5.74) is -1.13. The number of amides is 1. The molecule has 0 saturated carbocycles. The van der Waals surface area contributed by atoms with Crippen LogP contribution < -0.4 is 5.32 Å². The lowest BCUT2D eigenvalue weighted by atomic mass is 9.92. The van der Waals surface area contributed by atoms with Crippen LogP contribution in [0.2, 0.25) is 0 Å². The summed E-state index contributed by atoms with van der Waals surface area (Å²) in [4.78, 5) is 24.9. The SMILES string of the molecule is CCN(C(=O)CCC1CCNCC1)C(C)(C)C(=O)O. The van der Waals surface area contributed by atoms with Crippen LogP contribution in [-0.4, -0.2) is 47.1 Å². The molecule has 1 amide bonds. The molecule has 110 valence electrons. The molecular weight excluding hydrogens is 244 g/mol. The maximum Gasteiger partial charge on any atom is 0.329 e. The van der Waals surface area contributed by atoms with Crippen LogP contribution in [0.5, 0.6) is 0 Å². The van der Waals surface area contributed by atoms with E-state index in [2.05, 4.69) is 5.32 Å². The number of piperidine rings is 1. The molecule has 0 aliphatic carbocycles. The Hall–Kier alpha value is -1.10. The second-order valence-corrected chi connectivity index (χ2v) is 5.73. The zero-order chi connectivity index (χ0) is 14.5. The maximum atomic E-state index is 12.2. The van der Waals surface area contributed by atoms with Gasteiger partial charge in [-0.2, -0.15) is 0 Å². The van der Waals surface area contributed by atoms with Crippen molar-refractivity contribution in [1.29, 1.82) is 0 Å². The fraction of sp³-hybridized carbons (Fsp3) is 0.857. The molecule has 0 unspecified atom stereocenters. The number of nitrogens with one attached hydrogen (secondary N) is 1. The topological polar surface area (TPSA) is 69.6 Å². The predicted molar refractivity (Wildman–Crippen MR) is 73.9 cm³/mol. The van der Waals surface area contributed by atoms with Crippen molar-refractivity contribution < 1.29 is 14.7 Å². The highest BCUT2D eigenvalue weighted by molar-refractivity contribution is 5.86. The number of rotatable bonds is 6. The highest BCUT2D eigenvalue weighted by atomic mass is 16.4. The van der Waals surface area contributed by atoms with Crippen LogP contribution in [0.4, 0.5) is 0 Å². The number of carboxylic acids is 1. The predicted octanol–water partition coefficient (Wildman–Crippen LogP) is 1.48. The van der Waals surface area contributed by atoms with E-state index in [0.29, 0.717) is 18.9 Å². The van der Waals surface area contributed by atoms with E-state index in [1.165, 1.54) is 4.90 Å². The van der Waals surface area contributed by atoms with Crippen molar-refractivity contribution in [3.05, 3.63) is 0 Å². The van der Waals surface area contributed by atoms with Gasteiger partial charge in [-0.3, -0.25) is 4.79 Å². The van der Waals surface area contributed by atoms with Gasteiger partial charge >= 0.3 is 5.97 Å². The number of likely N-dealkylation sites (N-methyl/N-ethyl adjacent to an activating group) is 1. The molecule has 5 nitrogen and oxygen atoms in total. The van der Waals surface area contributed by atoms with Gasteiger partial charge in [0, 0.05) is 13.0 Å². The summed E-state index contributed by atoms with van der Waals surface area (Å²) in [7, 11) is 0. The number of aliphatic carboxylic acids is 1. The minimum Gasteiger partial charge on any atom is -0.480 e. The van der Waals surface area contributed by atoms with E-state index in [1.54, 1.807) is 13.8 Å². The Morgan fingerprint density at radius 1 is 1.32 bits per heavy atom. The molecule has 1 saturated heterocycles. The van der Waals surface area contributed by atoms with Gasteiger partial charge in [0.2, 0.25) is 5.91 Å². The van der Waals surface area contributed by atoms with Crippen molar-refractivity contribution in [2.45, 2.75) is 52.0 Å². The molecule has 0 aromatic carbocycles. The van der Waals surface area contributed by atoms with Crippen molar-refractivity contribution in [3.63, 3.8) is 0 Å². The molecule has 0 radical (unpaired) electrons. The van der Waals surface area contributed by atoms with Gasteiger partial charge < -0.3 is 15.3 Å². The lowest BCUT2D eigenvalue weighted by Crippen LogP contribution is -2.53. The molecule has 1 aliphatic heterocycles. The van der Waals surface area contributed by atoms with Gasteiger partial charge in [0.05, 0.1) is 0 Å². The lowest BCUT2D eigenvalue weighted by Gasteiger charge is -2.34. The number of carbonyl (C=O) groups excluding carboxylic acids is 1. The number of nitrogens with zero attached hydrogens (tertiary/aromatic N) is 1. The quantitative estimate of drug-likeness (QED) is 0.767. The van der Waals surface area contributed by atoms with Crippen molar-refractivity contribution in [3.8, 4) is 0 Å². The van der Waals surface area contributed by atoms with Crippen molar-refractivity contribution >= 4 is 11.9 Å². The Morgan fingerprint density at radius 2 is 1.89 bits per heavy atom. The summed E-state index contributed by atoms with van der Waals surface area (Å²) >= 11 is 0. The largest absolute Gasteiger partial charge is 0.480 e. The summed E-state index contributed by atoms with van der Waals surface area (Å²) in [6.07, 6.45) is 3.55. The van der Waals surface area contributed by atoms with Crippen LogP contribution in [0, 0.1) is 5.92 Å². The Labute approximate surface area is 115 Å². The normalized spacial score (nSPS) is 17.2. The third-order valence-corrected chi connectivity index (χ3v) is 4.04. The van der Waals surface area contributed by atoms with Gasteiger partial charge in [-0.05, 0) is 59.0 Å². The van der Waals surface area contributed by atoms with E-state index in [-0.39, 0.29) is 5.91 Å². The molecule has 0 bridgehead atoms. The zero-order valence-corrected chi connectivity index (χ0v) is 12.2. The number of carbonyl (C=O) groups is 2. The van der Waals surface area contributed by atoms with Gasteiger partial charge in [-0.25, -0.2) is 4.79 Å². The van der Waals surface area contributed by atoms with Gasteiger partial charge in [-0.15, -0.1) is 0 Å². The van der Waals surface area contributed by atoms with Crippen LogP contribution in [0.3, 0.4) is 0 Å². The molecule has 0 spiro atoms.